The highest BCUT2D eigenvalue weighted by Crippen LogP contribution is 2.36. The SMILES string of the molecule is COc1ccc(CN(C(=O)C2CC2)C2CC2)cc1. The molecule has 0 atom stereocenters. The van der Waals surface area contributed by atoms with E-state index in [4.69, 9.17) is 4.74 Å². The Morgan fingerprint density at radius 1 is 1.22 bits per heavy atom. The fourth-order valence-electron chi connectivity index (χ4n) is 2.27. The second kappa shape index (κ2) is 4.63. The van der Waals surface area contributed by atoms with Gasteiger partial charge in [0.25, 0.3) is 0 Å². The predicted octanol–water partition coefficient (Wildman–Crippen LogP) is 2.60. The number of carbonyl (C=O) groups excluding carboxylic acids is 1. The molecule has 2 fully saturated rings. The van der Waals surface area contributed by atoms with Gasteiger partial charge in [-0.15, -0.1) is 0 Å². The van der Waals surface area contributed by atoms with E-state index in [1.54, 1.807) is 7.11 Å². The number of benzene rings is 1. The van der Waals surface area contributed by atoms with Crippen molar-refractivity contribution in [1.82, 2.24) is 4.90 Å². The zero-order valence-corrected chi connectivity index (χ0v) is 10.8. The highest BCUT2D eigenvalue weighted by molar-refractivity contribution is 5.81. The van der Waals surface area contributed by atoms with Gasteiger partial charge < -0.3 is 9.64 Å². The quantitative estimate of drug-likeness (QED) is 0.798. The van der Waals surface area contributed by atoms with Gasteiger partial charge in [-0.2, -0.15) is 0 Å². The van der Waals surface area contributed by atoms with Gasteiger partial charge in [0.05, 0.1) is 7.11 Å². The smallest absolute Gasteiger partial charge is 0.226 e. The Morgan fingerprint density at radius 2 is 1.89 bits per heavy atom. The van der Waals surface area contributed by atoms with Gasteiger partial charge in [0.15, 0.2) is 0 Å². The summed E-state index contributed by atoms with van der Waals surface area (Å²) in [6.07, 6.45) is 4.53. The summed E-state index contributed by atoms with van der Waals surface area (Å²) in [5.41, 5.74) is 1.19. The van der Waals surface area contributed by atoms with Crippen LogP contribution >= 0.6 is 0 Å². The van der Waals surface area contributed by atoms with Gasteiger partial charge in [-0.3, -0.25) is 4.79 Å². The number of carbonyl (C=O) groups is 1. The van der Waals surface area contributed by atoms with Crippen molar-refractivity contribution in [1.29, 1.82) is 0 Å². The van der Waals surface area contributed by atoms with Gasteiger partial charge >= 0.3 is 0 Å². The maximum absolute atomic E-state index is 12.2. The summed E-state index contributed by atoms with van der Waals surface area (Å²) in [4.78, 5) is 14.3. The lowest BCUT2D eigenvalue weighted by molar-refractivity contribution is -0.133. The van der Waals surface area contributed by atoms with Crippen molar-refractivity contribution >= 4 is 5.91 Å². The van der Waals surface area contributed by atoms with Crippen molar-refractivity contribution in [2.24, 2.45) is 5.92 Å². The number of rotatable bonds is 5. The number of methoxy groups -OCH3 is 1. The third-order valence-corrected chi connectivity index (χ3v) is 3.71. The van der Waals surface area contributed by atoms with Crippen molar-refractivity contribution in [3.05, 3.63) is 29.8 Å². The highest BCUT2D eigenvalue weighted by Gasteiger charge is 2.39. The van der Waals surface area contributed by atoms with Crippen LogP contribution in [-0.4, -0.2) is 24.0 Å². The molecule has 3 nitrogen and oxygen atoms in total. The molecule has 0 spiro atoms. The van der Waals surface area contributed by atoms with E-state index in [0.29, 0.717) is 17.9 Å². The summed E-state index contributed by atoms with van der Waals surface area (Å²) in [5.74, 6) is 1.56. The maximum Gasteiger partial charge on any atom is 0.226 e. The third kappa shape index (κ3) is 2.50. The minimum absolute atomic E-state index is 0.323. The van der Waals surface area contributed by atoms with Crippen molar-refractivity contribution < 1.29 is 9.53 Å². The third-order valence-electron chi connectivity index (χ3n) is 3.71. The molecule has 18 heavy (non-hydrogen) atoms. The predicted molar refractivity (Wildman–Crippen MR) is 69.3 cm³/mol. The first-order chi connectivity index (χ1) is 8.78. The lowest BCUT2D eigenvalue weighted by Gasteiger charge is -2.22. The Morgan fingerprint density at radius 3 is 2.39 bits per heavy atom. The molecule has 0 saturated heterocycles. The molecule has 1 aromatic carbocycles. The monoisotopic (exact) mass is 245 g/mol. The molecule has 0 aliphatic heterocycles. The number of hydrogen-bond donors (Lipinski definition) is 0. The number of amides is 1. The molecule has 2 aliphatic carbocycles. The van der Waals surface area contributed by atoms with Crippen LogP contribution in [0.25, 0.3) is 0 Å². The van der Waals surface area contributed by atoms with Crippen LogP contribution in [0, 0.1) is 5.92 Å². The lowest BCUT2D eigenvalue weighted by atomic mass is 10.2. The van der Waals surface area contributed by atoms with Crippen LogP contribution in [-0.2, 0) is 11.3 Å². The maximum atomic E-state index is 12.2. The van der Waals surface area contributed by atoms with Crippen LogP contribution in [0.3, 0.4) is 0 Å². The molecule has 0 heterocycles. The standard InChI is InChI=1S/C15H19NO2/c1-18-14-8-2-11(3-9-14)10-16(13-6-7-13)15(17)12-4-5-12/h2-3,8-9,12-13H,4-7,10H2,1H3. The molecular formula is C15H19NO2. The molecule has 2 aliphatic rings. The molecule has 96 valence electrons. The van der Waals surface area contributed by atoms with Gasteiger partial charge in [0.2, 0.25) is 5.91 Å². The molecule has 0 bridgehead atoms. The van der Waals surface area contributed by atoms with E-state index >= 15 is 0 Å². The Balaban J connectivity index is 1.69. The van der Waals surface area contributed by atoms with E-state index in [1.165, 1.54) is 18.4 Å². The molecule has 0 unspecified atom stereocenters. The Labute approximate surface area is 108 Å². The summed E-state index contributed by atoms with van der Waals surface area (Å²) in [6, 6.07) is 8.52. The van der Waals surface area contributed by atoms with Gasteiger partial charge in [0.1, 0.15) is 5.75 Å². The van der Waals surface area contributed by atoms with E-state index in [-0.39, 0.29) is 0 Å². The summed E-state index contributed by atoms with van der Waals surface area (Å²) in [7, 11) is 1.67. The molecule has 3 rings (SSSR count). The van der Waals surface area contributed by atoms with Crippen molar-refractivity contribution in [2.45, 2.75) is 38.3 Å². The summed E-state index contributed by atoms with van der Waals surface area (Å²) in [5, 5.41) is 0. The van der Waals surface area contributed by atoms with Crippen LogP contribution < -0.4 is 4.74 Å². The first-order valence-electron chi connectivity index (χ1n) is 6.71. The summed E-state index contributed by atoms with van der Waals surface area (Å²) in [6.45, 7) is 0.754. The van der Waals surface area contributed by atoms with Crippen LogP contribution in [0.15, 0.2) is 24.3 Å². The zero-order chi connectivity index (χ0) is 12.5. The second-order valence-corrected chi connectivity index (χ2v) is 5.32. The Kier molecular flexibility index (Phi) is 2.98. The largest absolute Gasteiger partial charge is 0.497 e. The topological polar surface area (TPSA) is 29.5 Å². The van der Waals surface area contributed by atoms with Crippen LogP contribution in [0.1, 0.15) is 31.2 Å². The number of hydrogen-bond acceptors (Lipinski definition) is 2. The summed E-state index contributed by atoms with van der Waals surface area (Å²) < 4.78 is 5.15. The molecule has 3 heteroatoms. The number of nitrogens with zero attached hydrogens (tertiary/aromatic N) is 1. The average molecular weight is 245 g/mol. The fourth-order valence-corrected chi connectivity index (χ4v) is 2.27. The summed E-state index contributed by atoms with van der Waals surface area (Å²) >= 11 is 0. The first-order valence-corrected chi connectivity index (χ1v) is 6.71. The van der Waals surface area contributed by atoms with Crippen molar-refractivity contribution in [2.75, 3.05) is 7.11 Å². The minimum Gasteiger partial charge on any atom is -0.497 e. The van der Waals surface area contributed by atoms with Gasteiger partial charge in [-0.1, -0.05) is 12.1 Å². The van der Waals surface area contributed by atoms with Gasteiger partial charge in [0, 0.05) is 18.5 Å². The second-order valence-electron chi connectivity index (χ2n) is 5.32. The van der Waals surface area contributed by atoms with E-state index in [9.17, 15) is 4.79 Å². The van der Waals surface area contributed by atoms with Gasteiger partial charge in [-0.25, -0.2) is 0 Å². The van der Waals surface area contributed by atoms with E-state index in [0.717, 1.165) is 25.1 Å². The first kappa shape index (κ1) is 11.6. The Hall–Kier alpha value is -1.51. The van der Waals surface area contributed by atoms with Crippen molar-refractivity contribution in [3.8, 4) is 5.75 Å². The lowest BCUT2D eigenvalue weighted by Crippen LogP contribution is -2.33. The van der Waals surface area contributed by atoms with Gasteiger partial charge in [-0.05, 0) is 43.4 Å². The molecule has 1 aromatic rings. The minimum atomic E-state index is 0.323. The van der Waals surface area contributed by atoms with E-state index in [1.807, 2.05) is 24.3 Å². The normalized spacial score (nSPS) is 18.5. The molecule has 0 aromatic heterocycles. The Bertz CT molecular complexity index is 432. The molecule has 0 radical (unpaired) electrons. The van der Waals surface area contributed by atoms with E-state index < -0.39 is 0 Å². The zero-order valence-electron chi connectivity index (χ0n) is 10.8. The van der Waals surface area contributed by atoms with E-state index in [2.05, 4.69) is 4.90 Å². The number of ether oxygens (including phenoxy) is 1. The molecule has 1 amide bonds. The molecule has 0 N–H and O–H groups in total. The average Bonchev–Trinajstić information content (AvgIpc) is 3.28. The highest BCUT2D eigenvalue weighted by atomic mass is 16.5. The van der Waals surface area contributed by atoms with Crippen LogP contribution in [0.2, 0.25) is 0 Å². The molecule has 2 saturated carbocycles. The van der Waals surface area contributed by atoms with Crippen molar-refractivity contribution in [3.63, 3.8) is 0 Å². The molecular weight excluding hydrogens is 226 g/mol. The van der Waals surface area contributed by atoms with Crippen LogP contribution in [0.4, 0.5) is 0 Å². The fraction of sp³-hybridized carbons (Fsp3) is 0.533. The van der Waals surface area contributed by atoms with Crippen LogP contribution in [0.5, 0.6) is 5.75 Å².